The monoisotopic (exact) mass is 326 g/mol. The van der Waals surface area contributed by atoms with Crippen LogP contribution in [0.15, 0.2) is 24.3 Å². The van der Waals surface area contributed by atoms with E-state index in [-0.39, 0.29) is 11.6 Å². The van der Waals surface area contributed by atoms with Crippen LogP contribution in [0.25, 0.3) is 0 Å². The van der Waals surface area contributed by atoms with Crippen molar-refractivity contribution < 1.29 is 18.1 Å². The SMILES string of the molecule is CCC(NC(=O)c1ccccc1N(C)C)[Si](OC)(OC)OC. The largest absolute Gasteiger partial charge is 0.523 e. The molecule has 1 atom stereocenters. The molecule has 0 fully saturated rings. The van der Waals surface area contributed by atoms with Crippen molar-refractivity contribution in [3.63, 3.8) is 0 Å². The summed E-state index contributed by atoms with van der Waals surface area (Å²) >= 11 is 0. The summed E-state index contributed by atoms with van der Waals surface area (Å²) in [5.74, 6) is -0.167. The number of rotatable bonds is 8. The van der Waals surface area contributed by atoms with E-state index in [1.807, 2.05) is 44.1 Å². The predicted molar refractivity (Wildman–Crippen MR) is 89.1 cm³/mol. The predicted octanol–water partition coefficient (Wildman–Crippen LogP) is 1.68. The second-order valence-electron chi connectivity index (χ2n) is 5.06. The van der Waals surface area contributed by atoms with Crippen molar-refractivity contribution in [1.82, 2.24) is 5.32 Å². The first-order valence-corrected chi connectivity index (χ1v) is 8.98. The first-order valence-electron chi connectivity index (χ1n) is 7.18. The van der Waals surface area contributed by atoms with Gasteiger partial charge in [0.25, 0.3) is 5.91 Å². The van der Waals surface area contributed by atoms with Crippen LogP contribution >= 0.6 is 0 Å². The van der Waals surface area contributed by atoms with Crippen LogP contribution in [0.5, 0.6) is 0 Å². The van der Waals surface area contributed by atoms with Gasteiger partial charge in [-0.1, -0.05) is 19.1 Å². The number of amides is 1. The van der Waals surface area contributed by atoms with Crippen molar-refractivity contribution >= 4 is 20.4 Å². The van der Waals surface area contributed by atoms with Gasteiger partial charge >= 0.3 is 8.80 Å². The molecule has 0 heterocycles. The van der Waals surface area contributed by atoms with Gasteiger partial charge < -0.3 is 23.5 Å². The molecule has 1 N–H and O–H groups in total. The number of carbonyl (C=O) groups is 1. The second-order valence-corrected chi connectivity index (χ2v) is 8.19. The summed E-state index contributed by atoms with van der Waals surface area (Å²) < 4.78 is 16.4. The molecule has 0 aliphatic carbocycles. The Morgan fingerprint density at radius 2 is 1.73 bits per heavy atom. The van der Waals surface area contributed by atoms with Crippen molar-refractivity contribution in [2.24, 2.45) is 0 Å². The van der Waals surface area contributed by atoms with Crippen LogP contribution in [0.3, 0.4) is 0 Å². The first kappa shape index (κ1) is 18.6. The summed E-state index contributed by atoms with van der Waals surface area (Å²) in [6.45, 7) is 1.96. The highest BCUT2D eigenvalue weighted by Crippen LogP contribution is 2.20. The Hall–Kier alpha value is -1.41. The number of hydrogen-bond donors (Lipinski definition) is 1. The fraction of sp³-hybridized carbons (Fsp3) is 0.533. The Bertz CT molecular complexity index is 484. The van der Waals surface area contributed by atoms with E-state index in [0.29, 0.717) is 12.0 Å². The fourth-order valence-electron chi connectivity index (χ4n) is 2.41. The quantitative estimate of drug-likeness (QED) is 0.737. The molecule has 1 amide bonds. The minimum atomic E-state index is -2.93. The van der Waals surface area contributed by atoms with E-state index in [9.17, 15) is 4.79 Å². The van der Waals surface area contributed by atoms with E-state index in [4.69, 9.17) is 13.3 Å². The average molecular weight is 326 g/mol. The average Bonchev–Trinajstić information content (AvgIpc) is 2.55. The molecular formula is C15H26N2O4Si. The Morgan fingerprint density at radius 3 is 2.18 bits per heavy atom. The molecule has 124 valence electrons. The normalized spacial score (nSPS) is 12.8. The maximum Gasteiger partial charge on any atom is 0.523 e. The van der Waals surface area contributed by atoms with E-state index in [1.165, 1.54) is 0 Å². The Kier molecular flexibility index (Phi) is 7.01. The molecule has 1 aromatic rings. The summed E-state index contributed by atoms with van der Waals surface area (Å²) in [4.78, 5) is 14.6. The molecule has 0 aromatic heterocycles. The van der Waals surface area contributed by atoms with Gasteiger partial charge in [-0.15, -0.1) is 0 Å². The smallest absolute Gasteiger partial charge is 0.377 e. The number of carbonyl (C=O) groups excluding carboxylic acids is 1. The van der Waals surface area contributed by atoms with Gasteiger partial charge in [-0.2, -0.15) is 0 Å². The summed E-state index contributed by atoms with van der Waals surface area (Å²) in [6, 6.07) is 7.45. The van der Waals surface area contributed by atoms with Crippen LogP contribution in [0, 0.1) is 0 Å². The van der Waals surface area contributed by atoms with Gasteiger partial charge in [0.1, 0.15) is 0 Å². The second kappa shape index (κ2) is 8.28. The Morgan fingerprint density at radius 1 is 1.18 bits per heavy atom. The molecular weight excluding hydrogens is 300 g/mol. The van der Waals surface area contributed by atoms with Crippen LogP contribution in [-0.4, -0.2) is 55.8 Å². The van der Waals surface area contributed by atoms with Crippen molar-refractivity contribution in [2.75, 3.05) is 40.3 Å². The third kappa shape index (κ3) is 3.86. The molecule has 0 saturated carbocycles. The summed E-state index contributed by atoms with van der Waals surface area (Å²) in [7, 11) is 5.51. The number of hydrogen-bond acceptors (Lipinski definition) is 5. The number of benzene rings is 1. The van der Waals surface area contributed by atoms with Gasteiger partial charge in [0.05, 0.1) is 11.2 Å². The zero-order valence-corrected chi connectivity index (χ0v) is 15.2. The lowest BCUT2D eigenvalue weighted by molar-refractivity contribution is 0.0851. The van der Waals surface area contributed by atoms with Gasteiger partial charge in [0.15, 0.2) is 0 Å². The molecule has 7 heteroatoms. The van der Waals surface area contributed by atoms with Gasteiger partial charge in [-0.3, -0.25) is 4.79 Å². The molecule has 6 nitrogen and oxygen atoms in total. The Balaban J connectivity index is 3.04. The van der Waals surface area contributed by atoms with Gasteiger partial charge in [0, 0.05) is 41.1 Å². The van der Waals surface area contributed by atoms with Crippen molar-refractivity contribution in [1.29, 1.82) is 0 Å². The van der Waals surface area contributed by atoms with E-state index < -0.39 is 8.80 Å². The van der Waals surface area contributed by atoms with E-state index >= 15 is 0 Å². The van der Waals surface area contributed by atoms with Crippen LogP contribution in [0.1, 0.15) is 23.7 Å². The molecule has 1 unspecified atom stereocenters. The molecule has 0 saturated heterocycles. The highest BCUT2D eigenvalue weighted by atomic mass is 28.4. The van der Waals surface area contributed by atoms with Crippen LogP contribution < -0.4 is 10.2 Å². The fourth-order valence-corrected chi connectivity index (χ4v) is 4.57. The van der Waals surface area contributed by atoms with Crippen molar-refractivity contribution in [2.45, 2.75) is 19.0 Å². The van der Waals surface area contributed by atoms with Gasteiger partial charge in [-0.05, 0) is 18.6 Å². The summed E-state index contributed by atoms with van der Waals surface area (Å²) in [5.41, 5.74) is 1.15. The number of nitrogens with zero attached hydrogens (tertiary/aromatic N) is 1. The van der Waals surface area contributed by atoms with E-state index in [1.54, 1.807) is 27.4 Å². The zero-order chi connectivity index (χ0) is 16.8. The minimum Gasteiger partial charge on any atom is -0.377 e. The Labute approximate surface area is 133 Å². The molecule has 0 radical (unpaired) electrons. The topological polar surface area (TPSA) is 60.0 Å². The first-order chi connectivity index (χ1) is 10.5. The lowest BCUT2D eigenvalue weighted by Crippen LogP contribution is -2.61. The van der Waals surface area contributed by atoms with Crippen LogP contribution in [0.4, 0.5) is 5.69 Å². The van der Waals surface area contributed by atoms with Gasteiger partial charge in [-0.25, -0.2) is 0 Å². The third-order valence-electron chi connectivity index (χ3n) is 3.62. The molecule has 1 rings (SSSR count). The highest BCUT2D eigenvalue weighted by Gasteiger charge is 2.47. The maximum atomic E-state index is 12.7. The lowest BCUT2D eigenvalue weighted by Gasteiger charge is -2.32. The third-order valence-corrected chi connectivity index (χ3v) is 6.74. The standard InChI is InChI=1S/C15H26N2O4Si/c1-7-14(22(19-4,20-5)21-6)16-15(18)12-10-8-9-11-13(12)17(2)3/h8-11,14H,7H2,1-6H3,(H,16,18). The molecule has 0 spiro atoms. The van der Waals surface area contributed by atoms with Crippen molar-refractivity contribution in [3.8, 4) is 0 Å². The molecule has 0 bridgehead atoms. The van der Waals surface area contributed by atoms with Crippen LogP contribution in [-0.2, 0) is 13.3 Å². The lowest BCUT2D eigenvalue weighted by atomic mass is 10.1. The highest BCUT2D eigenvalue weighted by molar-refractivity contribution is 6.62. The van der Waals surface area contributed by atoms with Crippen molar-refractivity contribution in [3.05, 3.63) is 29.8 Å². The molecule has 0 aliphatic rings. The number of nitrogens with one attached hydrogen (secondary N) is 1. The number of para-hydroxylation sites is 1. The maximum absolute atomic E-state index is 12.7. The minimum absolute atomic E-state index is 0.167. The molecule has 0 aliphatic heterocycles. The van der Waals surface area contributed by atoms with Crippen LogP contribution in [0.2, 0.25) is 0 Å². The molecule has 1 aromatic carbocycles. The zero-order valence-electron chi connectivity index (χ0n) is 14.2. The van der Waals surface area contributed by atoms with E-state index in [0.717, 1.165) is 5.69 Å². The number of anilines is 1. The molecule has 22 heavy (non-hydrogen) atoms. The van der Waals surface area contributed by atoms with Gasteiger partial charge in [0.2, 0.25) is 0 Å². The summed E-state index contributed by atoms with van der Waals surface area (Å²) in [5, 5.41) is 2.99. The summed E-state index contributed by atoms with van der Waals surface area (Å²) in [6.07, 6.45) is 0.650. The van der Waals surface area contributed by atoms with E-state index in [2.05, 4.69) is 5.32 Å².